The summed E-state index contributed by atoms with van der Waals surface area (Å²) in [5.74, 6) is 0.0325. The van der Waals surface area contributed by atoms with E-state index in [0.717, 1.165) is 5.56 Å². The van der Waals surface area contributed by atoms with Gasteiger partial charge in [-0.05, 0) is 31.5 Å². The summed E-state index contributed by atoms with van der Waals surface area (Å²) in [5.41, 5.74) is 1.54. The molecule has 0 fully saturated rings. The molecule has 5 nitrogen and oxygen atoms in total. The first kappa shape index (κ1) is 15.0. The SMILES string of the molecule is CCN(CC)C(=O)c1ccc(Cn2cnccc2=O)cc1. The molecule has 0 aliphatic heterocycles. The Hall–Kier alpha value is -2.43. The molecule has 0 unspecified atom stereocenters. The highest BCUT2D eigenvalue weighted by Crippen LogP contribution is 2.08. The van der Waals surface area contributed by atoms with E-state index in [1.54, 1.807) is 17.0 Å². The summed E-state index contributed by atoms with van der Waals surface area (Å²) < 4.78 is 1.53. The number of amides is 1. The average molecular weight is 285 g/mol. The summed E-state index contributed by atoms with van der Waals surface area (Å²) in [7, 11) is 0. The number of nitrogens with zero attached hydrogens (tertiary/aromatic N) is 3. The molecule has 0 bridgehead atoms. The number of aromatic nitrogens is 2. The van der Waals surface area contributed by atoms with Crippen molar-refractivity contribution in [3.63, 3.8) is 0 Å². The molecule has 2 rings (SSSR count). The topological polar surface area (TPSA) is 55.2 Å². The molecule has 1 aromatic heterocycles. The van der Waals surface area contributed by atoms with Gasteiger partial charge in [-0.3, -0.25) is 14.2 Å². The fourth-order valence-electron chi connectivity index (χ4n) is 2.14. The minimum atomic E-state index is -0.0895. The van der Waals surface area contributed by atoms with E-state index in [9.17, 15) is 9.59 Å². The Kier molecular flexibility index (Phi) is 4.87. The molecule has 110 valence electrons. The quantitative estimate of drug-likeness (QED) is 0.841. The molecule has 0 atom stereocenters. The average Bonchev–Trinajstić information content (AvgIpc) is 2.51. The van der Waals surface area contributed by atoms with Crippen molar-refractivity contribution in [2.75, 3.05) is 13.1 Å². The predicted octanol–water partition coefficient (Wildman–Crippen LogP) is 1.77. The van der Waals surface area contributed by atoms with Crippen LogP contribution in [0.1, 0.15) is 29.8 Å². The van der Waals surface area contributed by atoms with Crippen molar-refractivity contribution in [1.82, 2.24) is 14.5 Å². The first-order chi connectivity index (χ1) is 10.2. The lowest BCUT2D eigenvalue weighted by Gasteiger charge is -2.18. The van der Waals surface area contributed by atoms with E-state index in [2.05, 4.69) is 4.98 Å². The van der Waals surface area contributed by atoms with Crippen molar-refractivity contribution in [3.8, 4) is 0 Å². The van der Waals surface area contributed by atoms with Crippen LogP contribution in [0.2, 0.25) is 0 Å². The van der Waals surface area contributed by atoms with Gasteiger partial charge in [0.05, 0.1) is 12.9 Å². The van der Waals surface area contributed by atoms with Crippen LogP contribution in [0.15, 0.2) is 47.7 Å². The van der Waals surface area contributed by atoms with Crippen LogP contribution in [0.25, 0.3) is 0 Å². The molecule has 0 saturated carbocycles. The van der Waals surface area contributed by atoms with Crippen LogP contribution < -0.4 is 5.56 Å². The van der Waals surface area contributed by atoms with E-state index in [0.29, 0.717) is 25.2 Å². The van der Waals surface area contributed by atoms with Crippen LogP contribution in [-0.2, 0) is 6.54 Å². The second-order valence-corrected chi connectivity index (χ2v) is 4.72. The lowest BCUT2D eigenvalue weighted by molar-refractivity contribution is 0.0773. The molecule has 0 aliphatic carbocycles. The van der Waals surface area contributed by atoms with Crippen molar-refractivity contribution < 1.29 is 4.79 Å². The van der Waals surface area contributed by atoms with Crippen molar-refractivity contribution >= 4 is 5.91 Å². The highest BCUT2D eigenvalue weighted by Gasteiger charge is 2.11. The first-order valence-electron chi connectivity index (χ1n) is 7.04. The first-order valence-corrected chi connectivity index (χ1v) is 7.04. The van der Waals surface area contributed by atoms with Crippen LogP contribution in [0.4, 0.5) is 0 Å². The molecule has 5 heteroatoms. The second-order valence-electron chi connectivity index (χ2n) is 4.72. The highest BCUT2D eigenvalue weighted by atomic mass is 16.2. The van der Waals surface area contributed by atoms with E-state index in [1.807, 2.05) is 26.0 Å². The summed E-state index contributed by atoms with van der Waals surface area (Å²) in [6, 6.07) is 8.78. The van der Waals surface area contributed by atoms with Gasteiger partial charge in [-0.1, -0.05) is 12.1 Å². The maximum absolute atomic E-state index is 12.2. The van der Waals surface area contributed by atoms with Gasteiger partial charge in [0, 0.05) is 30.9 Å². The smallest absolute Gasteiger partial charge is 0.253 e. The lowest BCUT2D eigenvalue weighted by atomic mass is 10.1. The van der Waals surface area contributed by atoms with Crippen molar-refractivity contribution in [3.05, 3.63) is 64.3 Å². The normalized spacial score (nSPS) is 10.4. The zero-order valence-corrected chi connectivity index (χ0v) is 12.3. The molecular weight excluding hydrogens is 266 g/mol. The van der Waals surface area contributed by atoms with E-state index < -0.39 is 0 Å². The summed E-state index contributed by atoms with van der Waals surface area (Å²) in [5, 5.41) is 0. The maximum Gasteiger partial charge on any atom is 0.253 e. The van der Waals surface area contributed by atoms with Gasteiger partial charge in [-0.25, -0.2) is 4.98 Å². The van der Waals surface area contributed by atoms with Gasteiger partial charge < -0.3 is 4.90 Å². The van der Waals surface area contributed by atoms with Gasteiger partial charge in [0.25, 0.3) is 11.5 Å². The van der Waals surface area contributed by atoms with E-state index in [-0.39, 0.29) is 11.5 Å². The lowest BCUT2D eigenvalue weighted by Crippen LogP contribution is -2.30. The molecule has 1 amide bonds. The molecule has 2 aromatic rings. The fourth-order valence-corrected chi connectivity index (χ4v) is 2.14. The Morgan fingerprint density at radius 2 is 1.81 bits per heavy atom. The summed E-state index contributed by atoms with van der Waals surface area (Å²) in [6.45, 7) is 5.77. The van der Waals surface area contributed by atoms with Crippen molar-refractivity contribution in [1.29, 1.82) is 0 Å². The zero-order valence-electron chi connectivity index (χ0n) is 12.3. The zero-order chi connectivity index (χ0) is 15.2. The van der Waals surface area contributed by atoms with Gasteiger partial charge in [0.2, 0.25) is 0 Å². The standard InChI is InChI=1S/C16H19N3O2/c1-3-18(4-2)16(21)14-7-5-13(6-8-14)11-19-12-17-10-9-15(19)20/h5-10,12H,3-4,11H2,1-2H3. The van der Waals surface area contributed by atoms with Crippen LogP contribution in [0.5, 0.6) is 0 Å². The highest BCUT2D eigenvalue weighted by molar-refractivity contribution is 5.94. The Labute approximate surface area is 123 Å². The van der Waals surface area contributed by atoms with Gasteiger partial charge in [-0.2, -0.15) is 0 Å². The summed E-state index contributed by atoms with van der Waals surface area (Å²) >= 11 is 0. The molecule has 0 radical (unpaired) electrons. The van der Waals surface area contributed by atoms with Gasteiger partial charge >= 0.3 is 0 Å². The van der Waals surface area contributed by atoms with E-state index in [4.69, 9.17) is 0 Å². The Morgan fingerprint density at radius 3 is 2.38 bits per heavy atom. The largest absolute Gasteiger partial charge is 0.339 e. The van der Waals surface area contributed by atoms with Crippen LogP contribution in [0.3, 0.4) is 0 Å². The number of rotatable bonds is 5. The molecule has 0 N–H and O–H groups in total. The number of benzene rings is 1. The summed E-state index contributed by atoms with van der Waals surface area (Å²) in [6.07, 6.45) is 2.99. The Morgan fingerprint density at radius 1 is 1.14 bits per heavy atom. The summed E-state index contributed by atoms with van der Waals surface area (Å²) in [4.78, 5) is 29.5. The third-order valence-electron chi connectivity index (χ3n) is 3.40. The number of carbonyl (C=O) groups is 1. The van der Waals surface area contributed by atoms with E-state index >= 15 is 0 Å². The molecule has 21 heavy (non-hydrogen) atoms. The molecule has 0 spiro atoms. The molecule has 1 heterocycles. The minimum Gasteiger partial charge on any atom is -0.339 e. The van der Waals surface area contributed by atoms with Crippen molar-refractivity contribution in [2.24, 2.45) is 0 Å². The molecule has 0 aliphatic rings. The van der Waals surface area contributed by atoms with Crippen molar-refractivity contribution in [2.45, 2.75) is 20.4 Å². The molecule has 1 aromatic carbocycles. The number of carbonyl (C=O) groups excluding carboxylic acids is 1. The van der Waals surface area contributed by atoms with Gasteiger partial charge in [0.1, 0.15) is 0 Å². The second kappa shape index (κ2) is 6.83. The van der Waals surface area contributed by atoms with Gasteiger partial charge in [-0.15, -0.1) is 0 Å². The van der Waals surface area contributed by atoms with Crippen LogP contribution in [0, 0.1) is 0 Å². The minimum absolute atomic E-state index is 0.0325. The van der Waals surface area contributed by atoms with Crippen LogP contribution >= 0.6 is 0 Å². The Balaban J connectivity index is 2.14. The Bertz CT molecular complexity index is 658. The van der Waals surface area contributed by atoms with E-state index in [1.165, 1.54) is 23.2 Å². The maximum atomic E-state index is 12.2. The number of hydrogen-bond donors (Lipinski definition) is 0. The third-order valence-corrected chi connectivity index (χ3v) is 3.40. The van der Waals surface area contributed by atoms with Gasteiger partial charge in [0.15, 0.2) is 0 Å². The predicted molar refractivity (Wildman–Crippen MR) is 81.3 cm³/mol. The monoisotopic (exact) mass is 285 g/mol. The third kappa shape index (κ3) is 3.56. The molecule has 0 saturated heterocycles. The fraction of sp³-hybridized carbons (Fsp3) is 0.312. The number of hydrogen-bond acceptors (Lipinski definition) is 3. The van der Waals surface area contributed by atoms with Crippen LogP contribution in [-0.4, -0.2) is 33.4 Å². The molecular formula is C16H19N3O2.